The lowest BCUT2D eigenvalue weighted by Crippen LogP contribution is -2.11. The van der Waals surface area contributed by atoms with Gasteiger partial charge < -0.3 is 14.1 Å². The summed E-state index contributed by atoms with van der Waals surface area (Å²) in [5, 5.41) is 0. The van der Waals surface area contributed by atoms with Crippen molar-refractivity contribution in [1.82, 2.24) is 9.88 Å². The first-order chi connectivity index (χ1) is 15.3. The second kappa shape index (κ2) is 8.92. The van der Waals surface area contributed by atoms with Crippen molar-refractivity contribution in [1.29, 1.82) is 0 Å². The van der Waals surface area contributed by atoms with Crippen LogP contribution in [0.5, 0.6) is 0 Å². The monoisotopic (exact) mass is 452 g/mol. The van der Waals surface area contributed by atoms with E-state index < -0.39 is 9.84 Å². The predicted octanol–water partition coefficient (Wildman–Crippen LogP) is 4.84. The molecule has 32 heavy (non-hydrogen) atoms. The zero-order chi connectivity index (χ0) is 22.9. The third kappa shape index (κ3) is 4.95. The molecule has 6 nitrogen and oxygen atoms in total. The second-order valence-electron chi connectivity index (χ2n) is 8.38. The lowest BCUT2D eigenvalue weighted by molar-refractivity contribution is 0.368. The smallest absolute Gasteiger partial charge is 0.226 e. The van der Waals surface area contributed by atoms with Gasteiger partial charge in [0.05, 0.1) is 17.7 Å². The van der Waals surface area contributed by atoms with Gasteiger partial charge in [0.25, 0.3) is 0 Å². The molecule has 1 aromatic heterocycles. The van der Waals surface area contributed by atoms with Crippen molar-refractivity contribution >= 4 is 15.6 Å². The number of rotatable bonds is 8. The molecule has 0 atom stereocenters. The van der Waals surface area contributed by atoms with Crippen LogP contribution in [0.3, 0.4) is 0 Å². The first-order valence-corrected chi connectivity index (χ1v) is 12.2. The molecule has 0 saturated heterocycles. The molecule has 1 aliphatic carbocycles. The van der Waals surface area contributed by atoms with Gasteiger partial charge in [-0.3, -0.25) is 0 Å². The van der Waals surface area contributed by atoms with Crippen LogP contribution in [0.4, 0.5) is 0 Å². The molecule has 0 bridgehead atoms. The zero-order valence-electron chi connectivity index (χ0n) is 18.9. The summed E-state index contributed by atoms with van der Waals surface area (Å²) in [4.78, 5) is 6.82. The van der Waals surface area contributed by atoms with Gasteiger partial charge in [-0.05, 0) is 69.3 Å². The van der Waals surface area contributed by atoms with Gasteiger partial charge in [0, 0.05) is 17.7 Å². The molecular weight excluding hydrogens is 424 g/mol. The van der Waals surface area contributed by atoms with Crippen LogP contribution in [0.25, 0.3) is 17.2 Å². The van der Waals surface area contributed by atoms with Gasteiger partial charge in [0.1, 0.15) is 17.3 Å². The number of aromatic nitrogens is 1. The predicted molar refractivity (Wildman–Crippen MR) is 125 cm³/mol. The van der Waals surface area contributed by atoms with E-state index in [1.165, 1.54) is 5.57 Å². The fourth-order valence-electron chi connectivity index (χ4n) is 3.64. The molecule has 0 radical (unpaired) electrons. The fourth-order valence-corrected chi connectivity index (χ4v) is 4.98. The Hall–Kier alpha value is -2.90. The lowest BCUT2D eigenvalue weighted by Gasteiger charge is -2.10. The summed E-state index contributed by atoms with van der Waals surface area (Å²) >= 11 is 0. The molecule has 2 aromatic carbocycles. The SMILES string of the molecule is COC(=C1CC1)c1ccc(-c2nc(CS(=O)(=O)c3ccc(CN(C)C)cc3)c(C)o2)cc1. The number of nitrogens with zero attached hydrogens (tertiary/aromatic N) is 2. The minimum atomic E-state index is -3.53. The summed E-state index contributed by atoms with van der Waals surface area (Å²) in [7, 11) is 2.11. The van der Waals surface area contributed by atoms with E-state index in [-0.39, 0.29) is 10.6 Å². The van der Waals surface area contributed by atoms with Crippen LogP contribution in [0.1, 0.15) is 35.4 Å². The summed E-state index contributed by atoms with van der Waals surface area (Å²) in [6, 6.07) is 14.8. The van der Waals surface area contributed by atoms with Gasteiger partial charge in [-0.1, -0.05) is 24.3 Å². The van der Waals surface area contributed by atoms with Crippen molar-refractivity contribution < 1.29 is 17.6 Å². The summed E-state index contributed by atoms with van der Waals surface area (Å²) in [6.45, 7) is 2.50. The van der Waals surface area contributed by atoms with Crippen molar-refractivity contribution in [3.63, 3.8) is 0 Å². The molecule has 0 amide bonds. The van der Waals surface area contributed by atoms with E-state index in [1.54, 1.807) is 26.2 Å². The van der Waals surface area contributed by atoms with Crippen molar-refractivity contribution in [2.45, 2.75) is 37.0 Å². The third-order valence-electron chi connectivity index (χ3n) is 5.42. The zero-order valence-corrected chi connectivity index (χ0v) is 19.7. The molecule has 7 heteroatoms. The van der Waals surface area contributed by atoms with Crippen LogP contribution in [0, 0.1) is 6.92 Å². The molecule has 3 aromatic rings. The van der Waals surface area contributed by atoms with Crippen LogP contribution in [0.15, 0.2) is 63.4 Å². The molecule has 0 unspecified atom stereocenters. The Morgan fingerprint density at radius 1 is 1.06 bits per heavy atom. The number of allylic oxidation sites excluding steroid dienone is 1. The van der Waals surface area contributed by atoms with Crippen molar-refractivity contribution in [3.05, 3.63) is 76.7 Å². The lowest BCUT2D eigenvalue weighted by atomic mass is 10.1. The number of benzene rings is 2. The standard InChI is InChI=1S/C25H28N2O4S/c1-17-23(16-32(28,29)22-13-5-18(6-14-22)15-27(2)3)26-25(31-17)21-11-9-20(10-12-21)24(30-4)19-7-8-19/h5-6,9-14H,7-8,15-16H2,1-4H3. The number of methoxy groups -OCH3 is 1. The highest BCUT2D eigenvalue weighted by atomic mass is 32.2. The van der Waals surface area contributed by atoms with Gasteiger partial charge in [-0.2, -0.15) is 0 Å². The van der Waals surface area contributed by atoms with E-state index in [1.807, 2.05) is 55.4 Å². The third-order valence-corrected chi connectivity index (χ3v) is 7.06. The van der Waals surface area contributed by atoms with E-state index in [4.69, 9.17) is 9.15 Å². The number of hydrogen-bond acceptors (Lipinski definition) is 6. The van der Waals surface area contributed by atoms with Gasteiger partial charge in [-0.15, -0.1) is 0 Å². The van der Waals surface area contributed by atoms with E-state index in [9.17, 15) is 8.42 Å². The maximum Gasteiger partial charge on any atom is 0.226 e. The molecule has 1 aliphatic rings. The number of hydrogen-bond donors (Lipinski definition) is 0. The molecule has 168 valence electrons. The molecule has 0 spiro atoms. The van der Waals surface area contributed by atoms with Crippen LogP contribution < -0.4 is 0 Å². The first-order valence-electron chi connectivity index (χ1n) is 10.6. The van der Waals surface area contributed by atoms with Crippen molar-refractivity contribution in [2.24, 2.45) is 0 Å². The molecule has 0 N–H and O–H groups in total. The van der Waals surface area contributed by atoms with Crippen molar-refractivity contribution in [3.8, 4) is 11.5 Å². The van der Waals surface area contributed by atoms with Crippen molar-refractivity contribution in [2.75, 3.05) is 21.2 Å². The summed E-state index contributed by atoms with van der Waals surface area (Å²) in [6.07, 6.45) is 2.17. The van der Waals surface area contributed by atoms with Gasteiger partial charge >= 0.3 is 0 Å². The van der Waals surface area contributed by atoms with E-state index in [2.05, 4.69) is 4.98 Å². The Bertz CT molecular complexity index is 1230. The first kappa shape index (κ1) is 22.3. The number of sulfone groups is 1. The highest BCUT2D eigenvalue weighted by molar-refractivity contribution is 7.90. The minimum Gasteiger partial charge on any atom is -0.496 e. The molecule has 1 saturated carbocycles. The largest absolute Gasteiger partial charge is 0.496 e. The number of aryl methyl sites for hydroxylation is 1. The molecule has 4 rings (SSSR count). The van der Waals surface area contributed by atoms with Crippen LogP contribution in [0.2, 0.25) is 0 Å². The van der Waals surface area contributed by atoms with Gasteiger partial charge in [-0.25, -0.2) is 13.4 Å². The second-order valence-corrected chi connectivity index (χ2v) is 10.4. The van der Waals surface area contributed by atoms with Crippen LogP contribution >= 0.6 is 0 Å². The Morgan fingerprint density at radius 2 is 1.72 bits per heavy atom. The maximum absolute atomic E-state index is 12.9. The Morgan fingerprint density at radius 3 is 2.28 bits per heavy atom. The normalized spacial score (nSPS) is 13.5. The fraction of sp³-hybridized carbons (Fsp3) is 0.320. The number of ether oxygens (including phenoxy) is 1. The van der Waals surface area contributed by atoms with E-state index in [0.29, 0.717) is 17.3 Å². The Labute approximate surface area is 189 Å². The maximum atomic E-state index is 12.9. The summed E-state index contributed by atoms with van der Waals surface area (Å²) < 4.78 is 37.2. The van der Waals surface area contributed by atoms with E-state index >= 15 is 0 Å². The molecule has 1 fully saturated rings. The van der Waals surface area contributed by atoms with E-state index in [0.717, 1.165) is 41.8 Å². The highest BCUT2D eigenvalue weighted by Crippen LogP contribution is 2.37. The Kier molecular flexibility index (Phi) is 6.22. The van der Waals surface area contributed by atoms with Gasteiger partial charge in [0.15, 0.2) is 9.84 Å². The average molecular weight is 453 g/mol. The highest BCUT2D eigenvalue weighted by Gasteiger charge is 2.22. The number of oxazole rings is 1. The molecule has 1 heterocycles. The Balaban J connectivity index is 1.53. The average Bonchev–Trinajstić information content (AvgIpc) is 3.52. The summed E-state index contributed by atoms with van der Waals surface area (Å²) in [5.74, 6) is 1.66. The molecule has 0 aliphatic heterocycles. The molecular formula is C25H28N2O4S. The topological polar surface area (TPSA) is 72.6 Å². The van der Waals surface area contributed by atoms with Crippen LogP contribution in [-0.4, -0.2) is 39.5 Å². The minimum absolute atomic E-state index is 0.201. The quantitative estimate of drug-likeness (QED) is 0.456. The van der Waals surface area contributed by atoms with Crippen LogP contribution in [-0.2, 0) is 26.9 Å². The summed E-state index contributed by atoms with van der Waals surface area (Å²) in [5.41, 5.74) is 4.64. The van der Waals surface area contributed by atoms with Gasteiger partial charge in [0.2, 0.25) is 5.89 Å².